The summed E-state index contributed by atoms with van der Waals surface area (Å²) in [5.41, 5.74) is 2.08. The lowest BCUT2D eigenvalue weighted by molar-refractivity contribution is 0.0612. The monoisotopic (exact) mass is 434 g/mol. The van der Waals surface area contributed by atoms with Crippen LogP contribution >= 0.6 is 23.7 Å². The lowest BCUT2D eigenvalue weighted by Gasteiger charge is -2.38. The largest absolute Gasteiger partial charge is 0.338 e. The number of aromatic nitrogens is 2. The van der Waals surface area contributed by atoms with E-state index in [1.807, 2.05) is 17.9 Å². The number of thiophene rings is 1. The highest BCUT2D eigenvalue weighted by molar-refractivity contribution is 7.20. The van der Waals surface area contributed by atoms with E-state index in [2.05, 4.69) is 10.4 Å². The molecule has 2 aliphatic rings. The van der Waals surface area contributed by atoms with E-state index >= 15 is 0 Å². The Balaban J connectivity index is 0.00000205. The molecule has 0 saturated carbocycles. The van der Waals surface area contributed by atoms with Crippen molar-refractivity contribution in [3.05, 3.63) is 46.7 Å². The number of piperidine rings is 1. The van der Waals surface area contributed by atoms with Crippen molar-refractivity contribution in [3.63, 3.8) is 0 Å². The Morgan fingerprint density at radius 3 is 2.59 bits per heavy atom. The van der Waals surface area contributed by atoms with Gasteiger partial charge >= 0.3 is 0 Å². The second kappa shape index (κ2) is 7.70. The van der Waals surface area contributed by atoms with Gasteiger partial charge in [0.15, 0.2) is 0 Å². The second-order valence-corrected chi connectivity index (χ2v) is 9.05. The predicted molar refractivity (Wildman–Crippen MR) is 116 cm³/mol. The molecule has 5 nitrogen and oxygen atoms in total. The van der Waals surface area contributed by atoms with Crippen LogP contribution in [0.4, 0.5) is 4.39 Å². The number of aryl methyl sites for hydroxylation is 1. The van der Waals surface area contributed by atoms with Gasteiger partial charge in [-0.05, 0) is 68.5 Å². The predicted octanol–water partition coefficient (Wildman–Crippen LogP) is 4.17. The lowest BCUT2D eigenvalue weighted by Crippen LogP contribution is -2.43. The minimum atomic E-state index is -0.272. The number of rotatable bonds is 2. The van der Waals surface area contributed by atoms with Crippen molar-refractivity contribution < 1.29 is 9.18 Å². The van der Waals surface area contributed by atoms with E-state index in [4.69, 9.17) is 0 Å². The Bertz CT molecular complexity index is 1030. The van der Waals surface area contributed by atoms with E-state index in [1.54, 1.807) is 16.8 Å². The fourth-order valence-corrected chi connectivity index (χ4v) is 5.62. The van der Waals surface area contributed by atoms with Gasteiger partial charge in [-0.3, -0.25) is 4.79 Å². The Labute approximate surface area is 179 Å². The molecule has 0 bridgehead atoms. The molecule has 29 heavy (non-hydrogen) atoms. The SMILES string of the molecule is Cc1nn(-c2ccc(F)cc2)c2sc(C(=O)N3CCC4(CCNC4)CC3)cc12.Cl. The summed E-state index contributed by atoms with van der Waals surface area (Å²) >= 11 is 1.47. The summed E-state index contributed by atoms with van der Waals surface area (Å²) in [6.07, 6.45) is 3.39. The van der Waals surface area contributed by atoms with Gasteiger partial charge in [0.1, 0.15) is 10.6 Å². The molecule has 1 spiro atoms. The van der Waals surface area contributed by atoms with Gasteiger partial charge in [0.25, 0.3) is 5.91 Å². The summed E-state index contributed by atoms with van der Waals surface area (Å²) in [5.74, 6) is -0.154. The van der Waals surface area contributed by atoms with Crippen LogP contribution < -0.4 is 5.32 Å². The molecule has 5 rings (SSSR count). The van der Waals surface area contributed by atoms with Crippen molar-refractivity contribution in [3.8, 4) is 5.69 Å². The molecule has 2 aromatic heterocycles. The molecular weight excluding hydrogens is 411 g/mol. The van der Waals surface area contributed by atoms with Crippen LogP contribution in [0.3, 0.4) is 0 Å². The fourth-order valence-electron chi connectivity index (χ4n) is 4.47. The van der Waals surface area contributed by atoms with E-state index in [0.717, 1.165) is 65.5 Å². The summed E-state index contributed by atoms with van der Waals surface area (Å²) < 4.78 is 15.1. The van der Waals surface area contributed by atoms with E-state index in [0.29, 0.717) is 5.41 Å². The molecule has 0 radical (unpaired) electrons. The van der Waals surface area contributed by atoms with Crippen LogP contribution in [0.1, 0.15) is 34.6 Å². The number of nitrogens with zero attached hydrogens (tertiary/aromatic N) is 3. The average Bonchev–Trinajstić information content (AvgIpc) is 3.40. The summed E-state index contributed by atoms with van der Waals surface area (Å²) in [4.78, 5) is 16.8. The van der Waals surface area contributed by atoms with E-state index in [1.165, 1.54) is 29.9 Å². The Kier molecular flexibility index (Phi) is 5.40. The van der Waals surface area contributed by atoms with Crippen LogP contribution in [0.5, 0.6) is 0 Å². The minimum Gasteiger partial charge on any atom is -0.338 e. The topological polar surface area (TPSA) is 50.2 Å². The third-order valence-corrected chi connectivity index (χ3v) is 7.37. The zero-order chi connectivity index (χ0) is 19.3. The number of likely N-dealkylation sites (tertiary alicyclic amines) is 1. The number of carbonyl (C=O) groups is 1. The maximum atomic E-state index is 13.3. The maximum absolute atomic E-state index is 13.3. The van der Waals surface area contributed by atoms with Gasteiger partial charge in [-0.15, -0.1) is 23.7 Å². The summed E-state index contributed by atoms with van der Waals surface area (Å²) in [6, 6.07) is 8.25. The van der Waals surface area contributed by atoms with Crippen molar-refractivity contribution in [2.75, 3.05) is 26.2 Å². The van der Waals surface area contributed by atoms with Gasteiger partial charge < -0.3 is 10.2 Å². The molecule has 8 heteroatoms. The van der Waals surface area contributed by atoms with Crippen molar-refractivity contribution in [1.82, 2.24) is 20.0 Å². The maximum Gasteiger partial charge on any atom is 0.264 e. The molecule has 0 atom stereocenters. The van der Waals surface area contributed by atoms with Gasteiger partial charge in [0, 0.05) is 25.0 Å². The number of benzene rings is 1. The van der Waals surface area contributed by atoms with Crippen LogP contribution in [-0.4, -0.2) is 46.8 Å². The van der Waals surface area contributed by atoms with Crippen molar-refractivity contribution in [1.29, 1.82) is 0 Å². The molecule has 154 valence electrons. The summed E-state index contributed by atoms with van der Waals surface area (Å²) in [5, 5.41) is 9.05. The third kappa shape index (κ3) is 3.56. The quantitative estimate of drug-likeness (QED) is 0.658. The summed E-state index contributed by atoms with van der Waals surface area (Å²) in [6.45, 7) is 5.80. The average molecular weight is 435 g/mol. The first-order chi connectivity index (χ1) is 13.5. The number of nitrogens with one attached hydrogen (secondary N) is 1. The number of carbonyl (C=O) groups excluding carboxylic acids is 1. The highest BCUT2D eigenvalue weighted by Crippen LogP contribution is 2.38. The standard InChI is InChI=1S/C21H23FN4OS.ClH/c1-14-17-12-18(19(27)25-10-7-21(8-11-25)6-9-23-13-21)28-20(17)26(24-14)16-4-2-15(22)3-5-16;/h2-5,12,23H,6-11,13H2,1H3;1H. The molecule has 1 amide bonds. The lowest BCUT2D eigenvalue weighted by atomic mass is 9.78. The van der Waals surface area contributed by atoms with Gasteiger partial charge in [0.05, 0.1) is 16.3 Å². The molecule has 4 heterocycles. The zero-order valence-corrected chi connectivity index (χ0v) is 17.9. The molecule has 0 unspecified atom stereocenters. The highest BCUT2D eigenvalue weighted by Gasteiger charge is 2.38. The van der Waals surface area contributed by atoms with Crippen LogP contribution in [-0.2, 0) is 0 Å². The van der Waals surface area contributed by atoms with Crippen molar-refractivity contribution >= 4 is 39.9 Å². The minimum absolute atomic E-state index is 0. The zero-order valence-electron chi connectivity index (χ0n) is 16.3. The molecule has 1 aromatic carbocycles. The number of amides is 1. The van der Waals surface area contributed by atoms with Crippen LogP contribution in [0.25, 0.3) is 15.9 Å². The van der Waals surface area contributed by atoms with Crippen LogP contribution in [0, 0.1) is 18.2 Å². The first kappa shape index (κ1) is 20.3. The molecular formula is C21H24ClFN4OS. The molecule has 3 aromatic rings. The Morgan fingerprint density at radius 1 is 1.21 bits per heavy atom. The third-order valence-electron chi connectivity index (χ3n) is 6.27. The second-order valence-electron chi connectivity index (χ2n) is 8.02. The smallest absolute Gasteiger partial charge is 0.264 e. The molecule has 2 aliphatic heterocycles. The molecule has 1 N–H and O–H groups in total. The van der Waals surface area contributed by atoms with Crippen molar-refractivity contribution in [2.45, 2.75) is 26.2 Å². The first-order valence-electron chi connectivity index (χ1n) is 9.80. The van der Waals surface area contributed by atoms with Gasteiger partial charge in [0.2, 0.25) is 0 Å². The van der Waals surface area contributed by atoms with Crippen molar-refractivity contribution in [2.24, 2.45) is 5.41 Å². The van der Waals surface area contributed by atoms with E-state index in [9.17, 15) is 9.18 Å². The molecule has 0 aliphatic carbocycles. The Morgan fingerprint density at radius 2 is 1.93 bits per heavy atom. The molecule has 2 saturated heterocycles. The number of fused-ring (bicyclic) bond motifs is 1. The number of halogens is 2. The summed E-state index contributed by atoms with van der Waals surface area (Å²) in [7, 11) is 0. The van der Waals surface area contributed by atoms with Gasteiger partial charge in [-0.1, -0.05) is 0 Å². The van der Waals surface area contributed by atoms with Gasteiger partial charge in [-0.2, -0.15) is 5.10 Å². The highest BCUT2D eigenvalue weighted by atomic mass is 35.5. The van der Waals surface area contributed by atoms with Crippen LogP contribution in [0.15, 0.2) is 30.3 Å². The van der Waals surface area contributed by atoms with E-state index in [-0.39, 0.29) is 24.1 Å². The number of hydrogen-bond acceptors (Lipinski definition) is 4. The fraction of sp³-hybridized carbons (Fsp3) is 0.429. The van der Waals surface area contributed by atoms with Crippen LogP contribution in [0.2, 0.25) is 0 Å². The van der Waals surface area contributed by atoms with Gasteiger partial charge in [-0.25, -0.2) is 9.07 Å². The normalized spacial score (nSPS) is 18.3. The Hall–Kier alpha value is -1.96. The number of hydrogen-bond donors (Lipinski definition) is 1. The first-order valence-corrected chi connectivity index (χ1v) is 10.6. The van der Waals surface area contributed by atoms with E-state index < -0.39 is 0 Å². The molecule has 2 fully saturated rings.